The Bertz CT molecular complexity index is 1200. The maximum atomic E-state index is 15.0. The molecule has 0 bridgehead atoms. The van der Waals surface area contributed by atoms with Gasteiger partial charge in [0.25, 0.3) is 12.3 Å². The molecule has 1 fully saturated rings. The van der Waals surface area contributed by atoms with E-state index in [0.29, 0.717) is 6.20 Å². The number of aliphatic imine (C=N–C) groups is 1. The van der Waals surface area contributed by atoms with E-state index in [4.69, 9.17) is 10.5 Å². The van der Waals surface area contributed by atoms with Crippen molar-refractivity contribution in [1.82, 2.24) is 14.9 Å². The number of guanidine groups is 1. The molecule has 1 saturated heterocycles. The minimum atomic E-state index is -4.96. The quantitative estimate of drug-likeness (QED) is 0.619. The summed E-state index contributed by atoms with van der Waals surface area (Å²) in [5.74, 6) is -5.42. The van der Waals surface area contributed by atoms with Gasteiger partial charge < -0.3 is 15.8 Å². The standard InChI is InChI=1S/C20H16F6N6O3/c1-32-17(34)13-14(20(24,25)26)35-7-19(13,31-18(32)27)9-4-8(2-3-10(9)21)30-16(33)12-6-28-11(5-29-12)15(22)23/h2-6,13-15H,7H2,1H3,(H2,27,31)(H,30,33). The lowest BCUT2D eigenvalue weighted by Gasteiger charge is -2.39. The van der Waals surface area contributed by atoms with Gasteiger partial charge >= 0.3 is 6.18 Å². The van der Waals surface area contributed by atoms with Crippen molar-refractivity contribution in [2.24, 2.45) is 16.6 Å². The van der Waals surface area contributed by atoms with E-state index in [9.17, 15) is 35.9 Å². The Labute approximate surface area is 193 Å². The van der Waals surface area contributed by atoms with Gasteiger partial charge in [0.05, 0.1) is 19.0 Å². The molecular formula is C20H16F6N6O3. The van der Waals surface area contributed by atoms with Crippen molar-refractivity contribution in [2.45, 2.75) is 24.2 Å². The fraction of sp³-hybridized carbons (Fsp3) is 0.350. The number of hydrogen-bond acceptors (Lipinski definition) is 7. The monoisotopic (exact) mass is 502 g/mol. The van der Waals surface area contributed by atoms with Crippen molar-refractivity contribution in [1.29, 1.82) is 0 Å². The molecule has 4 rings (SSSR count). The van der Waals surface area contributed by atoms with Crippen LogP contribution in [0.15, 0.2) is 35.6 Å². The van der Waals surface area contributed by atoms with Crippen molar-refractivity contribution >= 4 is 23.5 Å². The van der Waals surface area contributed by atoms with Gasteiger partial charge in [0.1, 0.15) is 28.7 Å². The average molecular weight is 502 g/mol. The number of nitrogens with one attached hydrogen (secondary N) is 1. The summed E-state index contributed by atoms with van der Waals surface area (Å²) in [5, 5.41) is 2.33. The van der Waals surface area contributed by atoms with E-state index < -0.39 is 71.6 Å². The van der Waals surface area contributed by atoms with E-state index in [0.717, 1.165) is 36.3 Å². The van der Waals surface area contributed by atoms with Crippen LogP contribution < -0.4 is 11.1 Å². The third-order valence-electron chi connectivity index (χ3n) is 5.70. The van der Waals surface area contributed by atoms with Crippen LogP contribution in [-0.4, -0.2) is 58.6 Å². The Kier molecular flexibility index (Phi) is 5.91. The average Bonchev–Trinajstić information content (AvgIpc) is 3.19. The number of aromatic nitrogens is 2. The summed E-state index contributed by atoms with van der Waals surface area (Å²) >= 11 is 0. The zero-order valence-electron chi connectivity index (χ0n) is 17.7. The second-order valence-electron chi connectivity index (χ2n) is 7.82. The van der Waals surface area contributed by atoms with Crippen LogP contribution in [0.2, 0.25) is 0 Å². The normalized spacial score (nSPS) is 24.4. The molecule has 3 heterocycles. The highest BCUT2D eigenvalue weighted by Crippen LogP contribution is 2.51. The minimum absolute atomic E-state index is 0.102. The summed E-state index contributed by atoms with van der Waals surface area (Å²) in [6, 6.07) is 2.96. The van der Waals surface area contributed by atoms with Crippen molar-refractivity contribution < 1.29 is 40.7 Å². The third kappa shape index (κ3) is 4.15. The first-order valence-corrected chi connectivity index (χ1v) is 9.88. The number of amides is 2. The van der Waals surface area contributed by atoms with Gasteiger partial charge in [0, 0.05) is 18.3 Å². The summed E-state index contributed by atoms with van der Waals surface area (Å²) in [4.78, 5) is 37.0. The Morgan fingerprint density at radius 1 is 1.29 bits per heavy atom. The molecule has 1 aromatic carbocycles. The molecule has 3 N–H and O–H groups in total. The molecule has 2 aliphatic rings. The van der Waals surface area contributed by atoms with Gasteiger partial charge in [-0.3, -0.25) is 19.5 Å². The molecule has 0 spiro atoms. The van der Waals surface area contributed by atoms with Gasteiger partial charge in [0.2, 0.25) is 5.91 Å². The van der Waals surface area contributed by atoms with Crippen molar-refractivity contribution in [2.75, 3.05) is 19.0 Å². The van der Waals surface area contributed by atoms with E-state index in [1.165, 1.54) is 0 Å². The second kappa shape index (κ2) is 8.48. The molecular weight excluding hydrogens is 486 g/mol. The lowest BCUT2D eigenvalue weighted by molar-refractivity contribution is -0.218. The van der Waals surface area contributed by atoms with E-state index in [-0.39, 0.29) is 11.4 Å². The first kappa shape index (κ1) is 24.4. The molecule has 3 atom stereocenters. The van der Waals surface area contributed by atoms with E-state index in [2.05, 4.69) is 20.3 Å². The largest absolute Gasteiger partial charge is 0.415 e. The SMILES string of the molecule is CN1C(=O)C2C(C(F)(F)F)OCC2(c2cc(NC(=O)c3cnc(C(F)F)cn3)ccc2F)N=C1N. The topological polar surface area (TPSA) is 123 Å². The molecule has 0 saturated carbocycles. The molecule has 186 valence electrons. The fourth-order valence-electron chi connectivity index (χ4n) is 3.98. The van der Waals surface area contributed by atoms with Crippen LogP contribution in [0.4, 0.5) is 32.0 Å². The van der Waals surface area contributed by atoms with Crippen LogP contribution in [-0.2, 0) is 15.1 Å². The lowest BCUT2D eigenvalue weighted by Crippen LogP contribution is -2.57. The van der Waals surface area contributed by atoms with E-state index in [1.807, 2.05) is 0 Å². The number of fused-ring (bicyclic) bond motifs is 1. The number of nitrogens with zero attached hydrogens (tertiary/aromatic N) is 4. The summed E-state index contributed by atoms with van der Waals surface area (Å²) in [7, 11) is 1.13. The van der Waals surface area contributed by atoms with Gasteiger partial charge in [-0.2, -0.15) is 13.2 Å². The molecule has 1 aromatic heterocycles. The summed E-state index contributed by atoms with van der Waals surface area (Å²) in [6.45, 7) is -0.809. The lowest BCUT2D eigenvalue weighted by atomic mass is 9.76. The molecule has 0 aliphatic carbocycles. The number of benzene rings is 1. The molecule has 2 amide bonds. The summed E-state index contributed by atoms with van der Waals surface area (Å²) in [6.07, 6.45) is -8.93. The predicted molar refractivity (Wildman–Crippen MR) is 107 cm³/mol. The number of ether oxygens (including phenoxy) is 1. The number of anilines is 1. The fourth-order valence-corrected chi connectivity index (χ4v) is 3.98. The van der Waals surface area contributed by atoms with Crippen molar-refractivity contribution in [3.63, 3.8) is 0 Å². The highest BCUT2D eigenvalue weighted by molar-refractivity contribution is 6.03. The summed E-state index contributed by atoms with van der Waals surface area (Å²) in [5.41, 5.74) is 2.01. The number of hydrogen-bond donors (Lipinski definition) is 2. The van der Waals surface area contributed by atoms with Crippen molar-refractivity contribution in [3.05, 3.63) is 53.4 Å². The van der Waals surface area contributed by atoms with Crippen LogP contribution in [0.1, 0.15) is 28.2 Å². The number of halogens is 6. The van der Waals surface area contributed by atoms with Crippen LogP contribution in [0, 0.1) is 11.7 Å². The van der Waals surface area contributed by atoms with E-state index >= 15 is 0 Å². The Hall–Kier alpha value is -3.75. The van der Waals surface area contributed by atoms with Gasteiger partial charge in [-0.05, 0) is 18.2 Å². The predicted octanol–water partition coefficient (Wildman–Crippen LogP) is 2.36. The van der Waals surface area contributed by atoms with Crippen LogP contribution in [0.3, 0.4) is 0 Å². The van der Waals surface area contributed by atoms with Crippen LogP contribution in [0.5, 0.6) is 0 Å². The minimum Gasteiger partial charge on any atom is -0.369 e. The Morgan fingerprint density at radius 3 is 2.60 bits per heavy atom. The maximum absolute atomic E-state index is 15.0. The molecule has 0 radical (unpaired) electrons. The van der Waals surface area contributed by atoms with Gasteiger partial charge in [-0.1, -0.05) is 0 Å². The number of nitrogens with two attached hydrogens (primary N) is 1. The molecule has 2 aliphatic heterocycles. The first-order chi connectivity index (χ1) is 16.3. The Morgan fingerprint density at radius 2 is 2.00 bits per heavy atom. The van der Waals surface area contributed by atoms with E-state index in [1.54, 1.807) is 0 Å². The van der Waals surface area contributed by atoms with Gasteiger partial charge in [-0.15, -0.1) is 0 Å². The second-order valence-corrected chi connectivity index (χ2v) is 7.82. The Balaban J connectivity index is 1.73. The number of carbonyl (C=O) groups is 2. The first-order valence-electron chi connectivity index (χ1n) is 9.88. The summed E-state index contributed by atoms with van der Waals surface area (Å²) < 4.78 is 86.1. The highest BCUT2D eigenvalue weighted by atomic mass is 19.4. The zero-order chi connectivity index (χ0) is 25.7. The molecule has 35 heavy (non-hydrogen) atoms. The zero-order valence-corrected chi connectivity index (χ0v) is 17.7. The molecule has 2 aromatic rings. The van der Waals surface area contributed by atoms with Gasteiger partial charge in [-0.25, -0.2) is 23.1 Å². The van der Waals surface area contributed by atoms with Crippen molar-refractivity contribution in [3.8, 4) is 0 Å². The maximum Gasteiger partial charge on any atom is 0.415 e. The highest BCUT2D eigenvalue weighted by Gasteiger charge is 2.66. The number of rotatable bonds is 4. The number of carbonyl (C=O) groups excluding carboxylic acids is 2. The smallest absolute Gasteiger partial charge is 0.369 e. The molecule has 9 nitrogen and oxygen atoms in total. The van der Waals surface area contributed by atoms with Crippen LogP contribution >= 0.6 is 0 Å². The third-order valence-corrected chi connectivity index (χ3v) is 5.70. The van der Waals surface area contributed by atoms with Crippen LogP contribution in [0.25, 0.3) is 0 Å². The van der Waals surface area contributed by atoms with Gasteiger partial charge in [0.15, 0.2) is 12.1 Å². The number of alkyl halides is 5. The molecule has 15 heteroatoms. The molecule has 3 unspecified atom stereocenters.